The van der Waals surface area contributed by atoms with E-state index in [1.807, 2.05) is 17.8 Å². The molecule has 0 saturated heterocycles. The van der Waals surface area contributed by atoms with E-state index in [0.717, 1.165) is 10.0 Å². The van der Waals surface area contributed by atoms with E-state index in [2.05, 4.69) is 9.97 Å². The van der Waals surface area contributed by atoms with Crippen LogP contribution in [0.1, 0.15) is 0 Å². The second-order valence-corrected chi connectivity index (χ2v) is 9.39. The van der Waals surface area contributed by atoms with E-state index in [4.69, 9.17) is 0 Å². The molecule has 2 rings (SSSR count). The summed E-state index contributed by atoms with van der Waals surface area (Å²) in [5.41, 5.74) is 0. The number of rotatable bonds is 1. The van der Waals surface area contributed by atoms with Crippen LogP contribution in [0, 0.1) is 0 Å². The maximum absolute atomic E-state index is 4.28. The van der Waals surface area contributed by atoms with Crippen LogP contribution >= 0.6 is 22.7 Å². The zero-order valence-electron chi connectivity index (χ0n) is 5.94. The molecule has 2 aromatic heterocycles. The van der Waals surface area contributed by atoms with Crippen molar-refractivity contribution in [1.82, 2.24) is 9.97 Å². The van der Waals surface area contributed by atoms with Gasteiger partial charge in [-0.15, -0.1) is 0 Å². The predicted octanol–water partition coefficient (Wildman–Crippen LogP) is 0.257. The Bertz CT molecular complexity index is 341. The molecule has 0 spiro atoms. The Hall–Kier alpha value is 0.0587. The molecule has 0 bridgehead atoms. The first-order valence-corrected chi connectivity index (χ1v) is 7.73. The number of thiazole rings is 2. The second-order valence-electron chi connectivity index (χ2n) is 2.11. The van der Waals surface area contributed by atoms with Gasteiger partial charge in [-0.1, -0.05) is 0 Å². The topological polar surface area (TPSA) is 25.8 Å². The first kappa shape index (κ1) is 7.69. The van der Waals surface area contributed by atoms with Gasteiger partial charge < -0.3 is 0 Å². The third-order valence-corrected chi connectivity index (χ3v) is 5.55. The van der Waals surface area contributed by atoms with Gasteiger partial charge in [0.2, 0.25) is 0 Å². The quantitative estimate of drug-likeness (QED) is 0.704. The van der Waals surface area contributed by atoms with E-state index in [1.54, 1.807) is 22.7 Å². The molecule has 0 aliphatic rings. The van der Waals surface area contributed by atoms with Gasteiger partial charge in [0.25, 0.3) is 0 Å². The SMILES string of the molecule is [SnH3][c]1cnc(-c2nccs2)s1. The van der Waals surface area contributed by atoms with Crippen LogP contribution in [-0.4, -0.2) is 32.5 Å². The van der Waals surface area contributed by atoms with Crippen LogP contribution in [0.4, 0.5) is 0 Å². The molecule has 0 fully saturated rings. The van der Waals surface area contributed by atoms with Crippen LogP contribution in [0.3, 0.4) is 0 Å². The molecule has 0 saturated carbocycles. The van der Waals surface area contributed by atoms with Crippen LogP contribution < -0.4 is 2.89 Å². The Morgan fingerprint density at radius 2 is 2.18 bits per heavy atom. The Balaban J connectivity index is 2.45. The Morgan fingerprint density at radius 1 is 1.27 bits per heavy atom. The molecule has 2 nitrogen and oxygen atoms in total. The zero-order chi connectivity index (χ0) is 7.68. The summed E-state index contributed by atoms with van der Waals surface area (Å²) in [4.78, 5) is 8.47. The maximum atomic E-state index is 4.28. The molecule has 11 heavy (non-hydrogen) atoms. The van der Waals surface area contributed by atoms with Gasteiger partial charge in [0.05, 0.1) is 0 Å². The van der Waals surface area contributed by atoms with Crippen molar-refractivity contribution < 1.29 is 0 Å². The zero-order valence-corrected chi connectivity index (χ0v) is 13.3. The monoisotopic (exact) mass is 290 g/mol. The van der Waals surface area contributed by atoms with Gasteiger partial charge >= 0.3 is 85.8 Å². The van der Waals surface area contributed by atoms with Crippen molar-refractivity contribution in [3.05, 3.63) is 17.8 Å². The number of hydrogen-bond acceptors (Lipinski definition) is 4. The van der Waals surface area contributed by atoms with Crippen molar-refractivity contribution in [2.75, 3.05) is 0 Å². The number of aromatic nitrogens is 2. The number of nitrogens with zero attached hydrogens (tertiary/aromatic N) is 2. The molecule has 0 N–H and O–H groups in total. The fourth-order valence-electron chi connectivity index (χ4n) is 0.783. The molecule has 2 heterocycles. The Labute approximate surface area is 85.4 Å². The average Bonchev–Trinajstić information content (AvgIpc) is 2.55. The molecule has 0 aliphatic carbocycles. The second kappa shape index (κ2) is 3.20. The third-order valence-electron chi connectivity index (χ3n) is 1.24. The van der Waals surface area contributed by atoms with E-state index in [9.17, 15) is 0 Å². The Morgan fingerprint density at radius 3 is 2.73 bits per heavy atom. The fourth-order valence-corrected chi connectivity index (χ4v) is 4.26. The van der Waals surface area contributed by atoms with Crippen molar-refractivity contribution in [1.29, 1.82) is 0 Å². The van der Waals surface area contributed by atoms with E-state index in [0.29, 0.717) is 22.5 Å². The van der Waals surface area contributed by atoms with Gasteiger partial charge in [-0.05, 0) is 0 Å². The van der Waals surface area contributed by atoms with E-state index in [-0.39, 0.29) is 0 Å². The van der Waals surface area contributed by atoms with Crippen molar-refractivity contribution in [2.45, 2.75) is 0 Å². The number of hydrogen-bond donors (Lipinski definition) is 0. The minimum atomic E-state index is 0.594. The van der Waals surface area contributed by atoms with Crippen LogP contribution in [-0.2, 0) is 0 Å². The van der Waals surface area contributed by atoms with Gasteiger partial charge in [0.15, 0.2) is 0 Å². The van der Waals surface area contributed by atoms with Gasteiger partial charge in [-0.25, -0.2) is 0 Å². The van der Waals surface area contributed by atoms with E-state index in [1.165, 1.54) is 2.89 Å². The standard InChI is InChI=1S/C6H3N2S2.Sn.3H/c1-3-9-5(7-1)6-8-2-4-10-6;;;;/h1-3H;;;;. The summed E-state index contributed by atoms with van der Waals surface area (Å²) in [6.07, 6.45) is 3.79. The summed E-state index contributed by atoms with van der Waals surface area (Å²) in [5.74, 6) is 0. The molecule has 2 aromatic rings. The first-order valence-electron chi connectivity index (χ1n) is 3.18. The van der Waals surface area contributed by atoms with Crippen LogP contribution in [0.25, 0.3) is 10.0 Å². The minimum absolute atomic E-state index is 0.594. The molecule has 0 unspecified atom stereocenters. The van der Waals surface area contributed by atoms with E-state index < -0.39 is 0 Å². The molecule has 0 amide bonds. The summed E-state index contributed by atoms with van der Waals surface area (Å²) in [6, 6.07) is 0. The molecule has 0 aliphatic heterocycles. The van der Waals surface area contributed by atoms with Crippen molar-refractivity contribution in [2.24, 2.45) is 0 Å². The van der Waals surface area contributed by atoms with Crippen LogP contribution in [0.15, 0.2) is 17.8 Å². The van der Waals surface area contributed by atoms with Crippen molar-refractivity contribution in [3.8, 4) is 10.0 Å². The molecule has 0 atom stereocenters. The van der Waals surface area contributed by atoms with Gasteiger partial charge in [0, 0.05) is 0 Å². The van der Waals surface area contributed by atoms with Crippen LogP contribution in [0.5, 0.6) is 0 Å². The Kier molecular flexibility index (Phi) is 2.24. The van der Waals surface area contributed by atoms with Gasteiger partial charge in [-0.2, -0.15) is 0 Å². The molecule has 56 valence electrons. The molecular weight excluding hydrogens is 283 g/mol. The summed E-state index contributed by atoms with van der Waals surface area (Å²) in [7, 11) is 0. The normalized spacial score (nSPS) is 10.5. The van der Waals surface area contributed by atoms with E-state index >= 15 is 0 Å². The predicted molar refractivity (Wildman–Crippen MR) is 52.8 cm³/mol. The summed E-state index contributed by atoms with van der Waals surface area (Å²) in [5, 5.41) is 4.11. The molecule has 5 heteroatoms. The fraction of sp³-hybridized carbons (Fsp3) is 0. The van der Waals surface area contributed by atoms with Crippen molar-refractivity contribution >= 4 is 48.1 Å². The van der Waals surface area contributed by atoms with Gasteiger partial charge in [0.1, 0.15) is 0 Å². The molecule has 0 aromatic carbocycles. The third kappa shape index (κ3) is 1.62. The average molecular weight is 289 g/mol. The molecular formula is C6H6N2S2Sn. The van der Waals surface area contributed by atoms with Crippen molar-refractivity contribution in [3.63, 3.8) is 0 Å². The first-order chi connectivity index (χ1) is 5.36. The summed E-state index contributed by atoms with van der Waals surface area (Å²) in [6.45, 7) is 0. The van der Waals surface area contributed by atoms with Crippen LogP contribution in [0.2, 0.25) is 0 Å². The summed E-state index contributed by atoms with van der Waals surface area (Å²) < 4.78 is 1.44. The molecule has 0 radical (unpaired) electrons. The summed E-state index contributed by atoms with van der Waals surface area (Å²) >= 11 is 4.02. The van der Waals surface area contributed by atoms with Gasteiger partial charge in [-0.3, -0.25) is 0 Å².